The molecule has 0 aliphatic heterocycles. The van der Waals surface area contributed by atoms with Gasteiger partial charge in [0.25, 0.3) is 0 Å². The van der Waals surface area contributed by atoms with Gasteiger partial charge >= 0.3 is 0 Å². The van der Waals surface area contributed by atoms with Gasteiger partial charge in [0.15, 0.2) is 5.69 Å². The number of aromatic nitrogens is 1. The Morgan fingerprint density at radius 2 is 2.11 bits per heavy atom. The van der Waals surface area contributed by atoms with E-state index in [0.29, 0.717) is 17.4 Å². The summed E-state index contributed by atoms with van der Waals surface area (Å²) in [6, 6.07) is 6.05. The van der Waals surface area contributed by atoms with E-state index < -0.39 is 0 Å². The lowest BCUT2D eigenvalue weighted by atomic mass is 10.2. The van der Waals surface area contributed by atoms with Crippen LogP contribution in [0.4, 0.5) is 11.5 Å². The van der Waals surface area contributed by atoms with Crippen molar-refractivity contribution in [3.05, 3.63) is 17.8 Å². The summed E-state index contributed by atoms with van der Waals surface area (Å²) in [5.74, 6) is 0.840. The number of nitrogen functional groups attached to an aromatic ring is 1. The van der Waals surface area contributed by atoms with E-state index in [4.69, 9.17) is 11.0 Å². The second-order valence-electron chi connectivity index (χ2n) is 4.71. The van der Waals surface area contributed by atoms with Crippen LogP contribution in [0.3, 0.4) is 0 Å². The standard InChI is InChI=1S/C14H22N4/c1-4-5-6-9-18(11(2)3)14-8-7-12(16)13(10-15)17-14/h7-8,11H,4-6,9,16H2,1-3H3. The largest absolute Gasteiger partial charge is 0.396 e. The fourth-order valence-corrected chi connectivity index (χ4v) is 1.88. The van der Waals surface area contributed by atoms with E-state index in [1.807, 2.05) is 12.1 Å². The van der Waals surface area contributed by atoms with Crippen LogP contribution in [-0.2, 0) is 0 Å². The summed E-state index contributed by atoms with van der Waals surface area (Å²) < 4.78 is 0. The van der Waals surface area contributed by atoms with Gasteiger partial charge in [-0.15, -0.1) is 0 Å². The van der Waals surface area contributed by atoms with Gasteiger partial charge in [0.05, 0.1) is 5.69 Å². The summed E-state index contributed by atoms with van der Waals surface area (Å²) >= 11 is 0. The summed E-state index contributed by atoms with van der Waals surface area (Å²) in [5, 5.41) is 8.97. The molecule has 0 radical (unpaired) electrons. The summed E-state index contributed by atoms with van der Waals surface area (Å²) in [4.78, 5) is 6.55. The van der Waals surface area contributed by atoms with E-state index in [0.717, 1.165) is 18.8 Å². The monoisotopic (exact) mass is 246 g/mol. The molecule has 1 heterocycles. The number of hydrogen-bond acceptors (Lipinski definition) is 4. The van der Waals surface area contributed by atoms with Crippen molar-refractivity contribution in [2.45, 2.75) is 46.1 Å². The first-order valence-electron chi connectivity index (χ1n) is 6.53. The lowest BCUT2D eigenvalue weighted by molar-refractivity contribution is 0.620. The molecule has 0 aromatic carbocycles. The minimum absolute atomic E-state index is 0.314. The Morgan fingerprint density at radius 1 is 1.39 bits per heavy atom. The van der Waals surface area contributed by atoms with Crippen molar-refractivity contribution in [2.24, 2.45) is 0 Å². The molecular formula is C14H22N4. The fourth-order valence-electron chi connectivity index (χ4n) is 1.88. The van der Waals surface area contributed by atoms with Crippen LogP contribution in [0.5, 0.6) is 0 Å². The van der Waals surface area contributed by atoms with E-state index in [9.17, 15) is 0 Å². The molecule has 1 aromatic heterocycles. The molecule has 0 saturated carbocycles. The van der Waals surface area contributed by atoms with Gasteiger partial charge in [0.1, 0.15) is 11.9 Å². The van der Waals surface area contributed by atoms with Gasteiger partial charge in [0.2, 0.25) is 0 Å². The second kappa shape index (κ2) is 6.85. The minimum Gasteiger partial charge on any atom is -0.396 e. The topological polar surface area (TPSA) is 65.9 Å². The molecule has 0 unspecified atom stereocenters. The molecule has 0 atom stereocenters. The van der Waals surface area contributed by atoms with Crippen LogP contribution in [0.15, 0.2) is 12.1 Å². The van der Waals surface area contributed by atoms with Gasteiger partial charge in [-0.1, -0.05) is 19.8 Å². The Bertz CT molecular complexity index is 420. The van der Waals surface area contributed by atoms with Crippen molar-refractivity contribution in [1.29, 1.82) is 5.26 Å². The molecule has 0 bridgehead atoms. The quantitative estimate of drug-likeness (QED) is 0.784. The SMILES string of the molecule is CCCCCN(c1ccc(N)c(C#N)n1)C(C)C. The van der Waals surface area contributed by atoms with Gasteiger partial charge in [0, 0.05) is 12.6 Å². The van der Waals surface area contributed by atoms with E-state index in [2.05, 4.69) is 30.7 Å². The first kappa shape index (κ1) is 14.3. The lowest BCUT2D eigenvalue weighted by Gasteiger charge is -2.28. The number of hydrogen-bond donors (Lipinski definition) is 1. The maximum atomic E-state index is 8.97. The van der Waals surface area contributed by atoms with E-state index >= 15 is 0 Å². The van der Waals surface area contributed by atoms with Crippen LogP contribution in [0.25, 0.3) is 0 Å². The maximum Gasteiger partial charge on any atom is 0.165 e. The predicted octanol–water partition coefficient (Wildman–Crippen LogP) is 2.94. The number of unbranched alkanes of at least 4 members (excludes halogenated alkanes) is 2. The van der Waals surface area contributed by atoms with Crippen LogP contribution in [-0.4, -0.2) is 17.6 Å². The third kappa shape index (κ3) is 3.63. The summed E-state index contributed by atoms with van der Waals surface area (Å²) in [6.07, 6.45) is 3.55. The van der Waals surface area contributed by atoms with Gasteiger partial charge in [-0.25, -0.2) is 4.98 Å². The molecule has 0 fully saturated rings. The van der Waals surface area contributed by atoms with Crippen LogP contribution >= 0.6 is 0 Å². The van der Waals surface area contributed by atoms with Crippen molar-refractivity contribution >= 4 is 11.5 Å². The number of pyridine rings is 1. The summed E-state index contributed by atoms with van der Waals surface area (Å²) in [5.41, 5.74) is 6.45. The van der Waals surface area contributed by atoms with E-state index in [1.165, 1.54) is 12.8 Å². The molecule has 0 amide bonds. The first-order valence-corrected chi connectivity index (χ1v) is 6.53. The smallest absolute Gasteiger partial charge is 0.165 e. The molecule has 4 heteroatoms. The Kier molecular flexibility index (Phi) is 5.44. The molecule has 1 aromatic rings. The molecule has 2 N–H and O–H groups in total. The molecule has 0 spiro atoms. The summed E-state index contributed by atoms with van der Waals surface area (Å²) in [7, 11) is 0. The van der Waals surface area contributed by atoms with Crippen molar-refractivity contribution in [3.8, 4) is 6.07 Å². The molecule has 0 aliphatic carbocycles. The zero-order valence-electron chi connectivity index (χ0n) is 11.5. The molecule has 0 saturated heterocycles. The van der Waals surface area contributed by atoms with Crippen molar-refractivity contribution in [1.82, 2.24) is 4.98 Å². The third-order valence-electron chi connectivity index (χ3n) is 2.94. The third-order valence-corrected chi connectivity index (χ3v) is 2.94. The Hall–Kier alpha value is -1.76. The van der Waals surface area contributed by atoms with Crippen LogP contribution in [0.1, 0.15) is 45.7 Å². The number of rotatable bonds is 6. The fraction of sp³-hybridized carbons (Fsp3) is 0.571. The highest BCUT2D eigenvalue weighted by Gasteiger charge is 2.13. The van der Waals surface area contributed by atoms with E-state index in [1.54, 1.807) is 6.07 Å². The van der Waals surface area contributed by atoms with Crippen molar-refractivity contribution in [3.63, 3.8) is 0 Å². The highest BCUT2D eigenvalue weighted by molar-refractivity contribution is 5.55. The number of nitrogens with zero attached hydrogens (tertiary/aromatic N) is 3. The molecule has 1 rings (SSSR count). The molecular weight excluding hydrogens is 224 g/mol. The molecule has 98 valence electrons. The van der Waals surface area contributed by atoms with Gasteiger partial charge in [-0.05, 0) is 32.4 Å². The van der Waals surface area contributed by atoms with Crippen LogP contribution in [0, 0.1) is 11.3 Å². The van der Waals surface area contributed by atoms with Crippen molar-refractivity contribution < 1.29 is 0 Å². The number of anilines is 2. The van der Waals surface area contributed by atoms with Crippen LogP contribution in [0.2, 0.25) is 0 Å². The van der Waals surface area contributed by atoms with Gasteiger partial charge < -0.3 is 10.6 Å². The second-order valence-corrected chi connectivity index (χ2v) is 4.71. The Morgan fingerprint density at radius 3 is 2.67 bits per heavy atom. The average molecular weight is 246 g/mol. The minimum atomic E-state index is 0.314. The van der Waals surface area contributed by atoms with E-state index in [-0.39, 0.29) is 0 Å². The van der Waals surface area contributed by atoms with Crippen LogP contribution < -0.4 is 10.6 Å². The molecule has 4 nitrogen and oxygen atoms in total. The maximum absolute atomic E-state index is 8.97. The molecule has 18 heavy (non-hydrogen) atoms. The highest BCUT2D eigenvalue weighted by Crippen LogP contribution is 2.19. The summed E-state index contributed by atoms with van der Waals surface area (Å²) in [6.45, 7) is 7.42. The zero-order chi connectivity index (χ0) is 13.5. The zero-order valence-corrected chi connectivity index (χ0v) is 11.5. The first-order chi connectivity index (χ1) is 8.60. The Balaban J connectivity index is 2.89. The normalized spacial score (nSPS) is 10.4. The number of nitriles is 1. The molecule has 0 aliphatic rings. The lowest BCUT2D eigenvalue weighted by Crippen LogP contribution is -2.32. The van der Waals surface area contributed by atoms with Gasteiger partial charge in [-0.3, -0.25) is 0 Å². The average Bonchev–Trinajstić information content (AvgIpc) is 2.35. The highest BCUT2D eigenvalue weighted by atomic mass is 15.2. The van der Waals surface area contributed by atoms with Gasteiger partial charge in [-0.2, -0.15) is 5.26 Å². The predicted molar refractivity (Wildman–Crippen MR) is 75.4 cm³/mol. The number of nitrogens with two attached hydrogens (primary N) is 1. The Labute approximate surface area is 109 Å². The van der Waals surface area contributed by atoms with Crippen molar-refractivity contribution in [2.75, 3.05) is 17.2 Å².